The molecule has 5 heteroatoms. The highest BCUT2D eigenvalue weighted by atomic mass is 32.2. The Morgan fingerprint density at radius 3 is 3.11 bits per heavy atom. The molecule has 1 aliphatic heterocycles. The number of guanidine groups is 1. The van der Waals surface area contributed by atoms with E-state index in [9.17, 15) is 0 Å². The molecule has 0 saturated heterocycles. The van der Waals surface area contributed by atoms with Gasteiger partial charge in [0.1, 0.15) is 0 Å². The van der Waals surface area contributed by atoms with Crippen LogP contribution in [0.5, 0.6) is 0 Å². The van der Waals surface area contributed by atoms with E-state index in [0.717, 1.165) is 54.6 Å². The van der Waals surface area contributed by atoms with E-state index in [1.54, 1.807) is 0 Å². The summed E-state index contributed by atoms with van der Waals surface area (Å²) in [7, 11) is 0. The highest BCUT2D eigenvalue weighted by Crippen LogP contribution is 2.15. The van der Waals surface area contributed by atoms with Crippen LogP contribution in [0.4, 0.5) is 0 Å². The van der Waals surface area contributed by atoms with Crippen molar-refractivity contribution in [2.45, 2.75) is 12.2 Å². The van der Waals surface area contributed by atoms with Gasteiger partial charge in [0.2, 0.25) is 0 Å². The molecule has 19 heavy (non-hydrogen) atoms. The Kier molecular flexibility index (Phi) is 5.57. The monoisotopic (exact) mass is 274 g/mol. The third-order valence-electron chi connectivity index (χ3n) is 2.83. The van der Waals surface area contributed by atoms with Crippen molar-refractivity contribution in [3.05, 3.63) is 35.4 Å². The first-order valence-electron chi connectivity index (χ1n) is 6.48. The molecule has 0 radical (unpaired) electrons. The summed E-state index contributed by atoms with van der Waals surface area (Å²) in [5.41, 5.74) is 1.89. The van der Waals surface area contributed by atoms with Gasteiger partial charge < -0.3 is 10.6 Å². The number of hydrogen-bond donors (Lipinski definition) is 2. The molecule has 0 atom stereocenters. The third-order valence-corrected chi connectivity index (χ3v) is 3.84. The molecule has 100 valence electrons. The van der Waals surface area contributed by atoms with E-state index >= 15 is 0 Å². The molecular weight excluding hydrogens is 256 g/mol. The Morgan fingerprint density at radius 1 is 1.42 bits per heavy atom. The van der Waals surface area contributed by atoms with Gasteiger partial charge in [-0.05, 0) is 18.1 Å². The molecule has 1 heterocycles. The topological polar surface area (TPSA) is 60.2 Å². The number of nitrogens with zero attached hydrogens (tertiary/aromatic N) is 2. The molecule has 0 aliphatic carbocycles. The van der Waals surface area contributed by atoms with Gasteiger partial charge in [-0.2, -0.15) is 17.0 Å². The number of aliphatic imine (C=N–C) groups is 1. The predicted octanol–water partition coefficient (Wildman–Crippen LogP) is 1.73. The zero-order valence-electron chi connectivity index (χ0n) is 10.9. The van der Waals surface area contributed by atoms with E-state index in [1.165, 1.54) is 0 Å². The molecule has 0 spiro atoms. The van der Waals surface area contributed by atoms with Gasteiger partial charge in [0.25, 0.3) is 0 Å². The smallest absolute Gasteiger partial charge is 0.191 e. The van der Waals surface area contributed by atoms with Crippen LogP contribution in [-0.4, -0.2) is 31.3 Å². The maximum atomic E-state index is 9.00. The van der Waals surface area contributed by atoms with E-state index in [2.05, 4.69) is 21.7 Å². The molecule has 0 unspecified atom stereocenters. The number of hydrogen-bond acceptors (Lipinski definition) is 5. The Hall–Kier alpha value is -1.67. The lowest BCUT2D eigenvalue weighted by Crippen LogP contribution is -2.41. The Balaban J connectivity index is 1.67. The minimum absolute atomic E-state index is 0.779. The highest BCUT2D eigenvalue weighted by Gasteiger charge is 2.03. The maximum Gasteiger partial charge on any atom is 0.191 e. The van der Waals surface area contributed by atoms with Gasteiger partial charge in [0, 0.05) is 31.1 Å². The van der Waals surface area contributed by atoms with Gasteiger partial charge in [0.15, 0.2) is 5.96 Å². The van der Waals surface area contributed by atoms with Crippen molar-refractivity contribution in [2.24, 2.45) is 4.99 Å². The number of benzene rings is 1. The van der Waals surface area contributed by atoms with Crippen LogP contribution in [0.15, 0.2) is 29.3 Å². The van der Waals surface area contributed by atoms with Crippen LogP contribution in [0.2, 0.25) is 0 Å². The van der Waals surface area contributed by atoms with Crippen LogP contribution in [0.25, 0.3) is 0 Å². The molecule has 0 fully saturated rings. The number of thioether (sulfide) groups is 1. The summed E-state index contributed by atoms with van der Waals surface area (Å²) in [5.74, 6) is 2.80. The second-order valence-corrected chi connectivity index (χ2v) is 5.36. The molecule has 0 saturated carbocycles. The van der Waals surface area contributed by atoms with Crippen LogP contribution < -0.4 is 10.6 Å². The predicted molar refractivity (Wildman–Crippen MR) is 80.2 cm³/mol. The molecule has 2 rings (SSSR count). The van der Waals surface area contributed by atoms with Gasteiger partial charge in [-0.1, -0.05) is 18.2 Å². The van der Waals surface area contributed by atoms with E-state index in [-0.39, 0.29) is 0 Å². The normalized spacial score (nSPS) is 14.2. The number of nitrogens with one attached hydrogen (secondary N) is 2. The summed E-state index contributed by atoms with van der Waals surface area (Å²) in [6, 6.07) is 10.0. The fourth-order valence-corrected chi connectivity index (χ4v) is 2.69. The summed E-state index contributed by atoms with van der Waals surface area (Å²) in [5, 5.41) is 15.5. The summed E-state index contributed by atoms with van der Waals surface area (Å²) >= 11 is 1.83. The lowest BCUT2D eigenvalue weighted by atomic mass is 10.1. The fourth-order valence-electron chi connectivity index (χ4n) is 1.83. The maximum absolute atomic E-state index is 9.00. The van der Waals surface area contributed by atoms with E-state index in [4.69, 9.17) is 5.26 Å². The van der Waals surface area contributed by atoms with Crippen LogP contribution >= 0.6 is 11.8 Å². The standard InChI is InChI=1S/C14H18N4S/c15-10-12-4-1-2-5-13(12)11-19-9-8-18-14-16-6-3-7-17-14/h1-2,4-5H,3,6-9,11H2,(H2,16,17,18). The Morgan fingerprint density at radius 2 is 2.32 bits per heavy atom. The second kappa shape index (κ2) is 7.70. The van der Waals surface area contributed by atoms with Crippen molar-refractivity contribution in [1.82, 2.24) is 10.6 Å². The van der Waals surface area contributed by atoms with Crippen molar-refractivity contribution in [2.75, 3.05) is 25.4 Å². The minimum atomic E-state index is 0.779. The largest absolute Gasteiger partial charge is 0.356 e. The summed E-state index contributed by atoms with van der Waals surface area (Å²) in [6.07, 6.45) is 1.12. The average Bonchev–Trinajstić information content (AvgIpc) is 2.48. The zero-order chi connectivity index (χ0) is 13.3. The quantitative estimate of drug-likeness (QED) is 0.803. The third kappa shape index (κ3) is 4.49. The Bertz CT molecular complexity index is 479. The van der Waals surface area contributed by atoms with Crippen molar-refractivity contribution in [1.29, 1.82) is 5.26 Å². The van der Waals surface area contributed by atoms with Crippen molar-refractivity contribution >= 4 is 17.7 Å². The SMILES string of the molecule is N#Cc1ccccc1CSCCNC1=NCCCN1. The van der Waals surface area contributed by atoms with Crippen molar-refractivity contribution < 1.29 is 0 Å². The molecule has 0 bridgehead atoms. The van der Waals surface area contributed by atoms with Gasteiger partial charge in [-0.15, -0.1) is 0 Å². The molecule has 1 aromatic rings. The average molecular weight is 274 g/mol. The number of nitriles is 1. The molecule has 1 aromatic carbocycles. The van der Waals surface area contributed by atoms with Crippen molar-refractivity contribution in [3.63, 3.8) is 0 Å². The van der Waals surface area contributed by atoms with Gasteiger partial charge in [0.05, 0.1) is 11.6 Å². The Labute approximate surface area is 118 Å². The summed E-state index contributed by atoms with van der Waals surface area (Å²) < 4.78 is 0. The molecule has 0 aromatic heterocycles. The van der Waals surface area contributed by atoms with Gasteiger partial charge in [-0.25, -0.2) is 0 Å². The van der Waals surface area contributed by atoms with E-state index in [0.29, 0.717) is 0 Å². The lowest BCUT2D eigenvalue weighted by Gasteiger charge is -2.15. The fraction of sp³-hybridized carbons (Fsp3) is 0.429. The summed E-state index contributed by atoms with van der Waals surface area (Å²) in [4.78, 5) is 4.35. The van der Waals surface area contributed by atoms with E-state index in [1.807, 2.05) is 36.0 Å². The molecule has 1 aliphatic rings. The minimum Gasteiger partial charge on any atom is -0.356 e. The molecule has 2 N–H and O–H groups in total. The molecule has 4 nitrogen and oxygen atoms in total. The first-order chi connectivity index (χ1) is 9.40. The van der Waals surface area contributed by atoms with E-state index < -0.39 is 0 Å². The summed E-state index contributed by atoms with van der Waals surface area (Å²) in [6.45, 7) is 2.82. The van der Waals surface area contributed by atoms with Gasteiger partial charge >= 0.3 is 0 Å². The van der Waals surface area contributed by atoms with Crippen LogP contribution in [0.1, 0.15) is 17.5 Å². The van der Waals surface area contributed by atoms with Gasteiger partial charge in [-0.3, -0.25) is 4.99 Å². The van der Waals surface area contributed by atoms with Crippen LogP contribution in [0, 0.1) is 11.3 Å². The zero-order valence-corrected chi connectivity index (χ0v) is 11.7. The highest BCUT2D eigenvalue weighted by molar-refractivity contribution is 7.98. The first kappa shape index (κ1) is 13.8. The number of rotatable bonds is 5. The van der Waals surface area contributed by atoms with Crippen LogP contribution in [0.3, 0.4) is 0 Å². The van der Waals surface area contributed by atoms with Crippen LogP contribution in [-0.2, 0) is 5.75 Å². The van der Waals surface area contributed by atoms with Crippen molar-refractivity contribution in [3.8, 4) is 6.07 Å². The lowest BCUT2D eigenvalue weighted by molar-refractivity contribution is 0.709. The molecular formula is C14H18N4S. The second-order valence-electron chi connectivity index (χ2n) is 4.26. The molecule has 0 amide bonds. The first-order valence-corrected chi connectivity index (χ1v) is 7.63.